The lowest BCUT2D eigenvalue weighted by atomic mass is 10.1. The van der Waals surface area contributed by atoms with Gasteiger partial charge in [0.1, 0.15) is 5.75 Å². The Balaban J connectivity index is 1.65. The maximum Gasteiger partial charge on any atom is 0.315 e. The Morgan fingerprint density at radius 2 is 2.05 bits per heavy atom. The van der Waals surface area contributed by atoms with Crippen molar-refractivity contribution in [3.8, 4) is 5.75 Å². The molecule has 0 aliphatic rings. The number of hydrogen-bond donors (Lipinski definition) is 3. The molecule has 0 saturated carbocycles. The van der Waals surface area contributed by atoms with E-state index in [1.807, 2.05) is 41.1 Å². The van der Waals surface area contributed by atoms with Gasteiger partial charge < -0.3 is 20.5 Å². The van der Waals surface area contributed by atoms with Gasteiger partial charge in [-0.1, -0.05) is 12.1 Å². The molecular weight excluding hydrogens is 300 g/mol. The third-order valence-electron chi connectivity index (χ3n) is 3.24. The van der Waals surface area contributed by atoms with Crippen molar-refractivity contribution in [1.29, 1.82) is 0 Å². The highest BCUT2D eigenvalue weighted by Crippen LogP contribution is 2.18. The molecule has 0 fully saturated rings. The van der Waals surface area contributed by atoms with Crippen molar-refractivity contribution in [2.45, 2.75) is 19.1 Å². The Hall–Kier alpha value is -2.05. The van der Waals surface area contributed by atoms with Gasteiger partial charge >= 0.3 is 6.03 Å². The predicted molar refractivity (Wildman–Crippen MR) is 87.1 cm³/mol. The number of hydrogen-bond acceptors (Lipinski definition) is 4. The molecule has 0 aliphatic heterocycles. The van der Waals surface area contributed by atoms with Gasteiger partial charge in [0.2, 0.25) is 0 Å². The molecule has 22 heavy (non-hydrogen) atoms. The van der Waals surface area contributed by atoms with E-state index in [2.05, 4.69) is 10.6 Å². The van der Waals surface area contributed by atoms with Gasteiger partial charge in [-0.05, 0) is 46.5 Å². The summed E-state index contributed by atoms with van der Waals surface area (Å²) < 4.78 is 5.08. The molecule has 1 heterocycles. The summed E-state index contributed by atoms with van der Waals surface area (Å²) in [5.74, 6) is 0.788. The van der Waals surface area contributed by atoms with Crippen molar-refractivity contribution >= 4 is 17.4 Å². The molecule has 5 nitrogen and oxygen atoms in total. The van der Waals surface area contributed by atoms with Crippen molar-refractivity contribution in [3.05, 3.63) is 52.2 Å². The SMILES string of the molecule is COc1ccc(CNC(=O)NCCC(O)c2ccsc2)cc1. The lowest BCUT2D eigenvalue weighted by molar-refractivity contribution is 0.167. The summed E-state index contributed by atoms with van der Waals surface area (Å²) >= 11 is 1.55. The van der Waals surface area contributed by atoms with Crippen LogP contribution in [0.5, 0.6) is 5.75 Å². The Morgan fingerprint density at radius 3 is 2.68 bits per heavy atom. The molecule has 1 unspecified atom stereocenters. The minimum atomic E-state index is -0.534. The minimum absolute atomic E-state index is 0.242. The fourth-order valence-electron chi connectivity index (χ4n) is 1.94. The summed E-state index contributed by atoms with van der Waals surface area (Å²) in [7, 11) is 1.62. The van der Waals surface area contributed by atoms with Crippen LogP contribution in [0.25, 0.3) is 0 Å². The number of carbonyl (C=O) groups excluding carboxylic acids is 1. The lowest BCUT2D eigenvalue weighted by Crippen LogP contribution is -2.36. The van der Waals surface area contributed by atoms with Gasteiger partial charge in [0, 0.05) is 13.1 Å². The predicted octanol–water partition coefficient (Wildman–Crippen LogP) is 2.68. The van der Waals surface area contributed by atoms with Crippen LogP contribution in [0, 0.1) is 0 Å². The molecule has 1 aromatic heterocycles. The Labute approximate surface area is 133 Å². The van der Waals surface area contributed by atoms with Crippen molar-refractivity contribution < 1.29 is 14.6 Å². The first kappa shape index (κ1) is 16.3. The third kappa shape index (κ3) is 5.05. The summed E-state index contributed by atoms with van der Waals surface area (Å²) in [6.07, 6.45) is -0.0414. The number of nitrogens with one attached hydrogen (secondary N) is 2. The van der Waals surface area contributed by atoms with E-state index in [1.165, 1.54) is 0 Å². The summed E-state index contributed by atoms with van der Waals surface area (Å²) in [5, 5.41) is 19.2. The Bertz CT molecular complexity index is 570. The van der Waals surface area contributed by atoms with Gasteiger partial charge in [0.05, 0.1) is 13.2 Å². The zero-order chi connectivity index (χ0) is 15.8. The summed E-state index contributed by atoms with van der Waals surface area (Å²) in [6.45, 7) is 0.869. The Morgan fingerprint density at radius 1 is 1.27 bits per heavy atom. The summed E-state index contributed by atoms with van der Waals surface area (Å²) in [4.78, 5) is 11.7. The van der Waals surface area contributed by atoms with Crippen LogP contribution >= 0.6 is 11.3 Å². The first-order valence-corrected chi connectivity index (χ1v) is 7.98. The van der Waals surface area contributed by atoms with E-state index >= 15 is 0 Å². The number of carbonyl (C=O) groups is 1. The van der Waals surface area contributed by atoms with E-state index in [1.54, 1.807) is 18.4 Å². The van der Waals surface area contributed by atoms with E-state index in [0.29, 0.717) is 19.5 Å². The molecule has 0 spiro atoms. The van der Waals surface area contributed by atoms with E-state index in [9.17, 15) is 9.90 Å². The number of aliphatic hydroxyl groups excluding tert-OH is 1. The normalized spacial score (nSPS) is 11.7. The number of benzene rings is 1. The van der Waals surface area contributed by atoms with E-state index in [-0.39, 0.29) is 6.03 Å². The van der Waals surface area contributed by atoms with Crippen LogP contribution < -0.4 is 15.4 Å². The first-order chi connectivity index (χ1) is 10.7. The van der Waals surface area contributed by atoms with Gasteiger partial charge in [-0.3, -0.25) is 0 Å². The van der Waals surface area contributed by atoms with Crippen LogP contribution in [0.15, 0.2) is 41.1 Å². The molecule has 0 aliphatic carbocycles. The number of aliphatic hydroxyl groups is 1. The molecule has 3 N–H and O–H groups in total. The highest BCUT2D eigenvalue weighted by atomic mass is 32.1. The average Bonchev–Trinajstić information content (AvgIpc) is 3.08. The number of methoxy groups -OCH3 is 1. The zero-order valence-corrected chi connectivity index (χ0v) is 13.2. The van der Waals surface area contributed by atoms with Crippen LogP contribution in [-0.4, -0.2) is 24.8 Å². The van der Waals surface area contributed by atoms with Crippen molar-refractivity contribution in [3.63, 3.8) is 0 Å². The van der Waals surface area contributed by atoms with Crippen molar-refractivity contribution in [2.24, 2.45) is 0 Å². The topological polar surface area (TPSA) is 70.6 Å². The lowest BCUT2D eigenvalue weighted by Gasteiger charge is -2.11. The molecule has 2 aromatic rings. The number of thiophene rings is 1. The number of amides is 2. The standard InChI is InChI=1S/C16H20N2O3S/c1-21-14-4-2-12(3-5-14)10-18-16(20)17-8-6-15(19)13-7-9-22-11-13/h2-5,7,9,11,15,19H,6,8,10H2,1H3,(H2,17,18,20). The average molecular weight is 320 g/mol. The highest BCUT2D eigenvalue weighted by Gasteiger charge is 2.08. The van der Waals surface area contributed by atoms with Gasteiger partial charge in [-0.15, -0.1) is 0 Å². The smallest absolute Gasteiger partial charge is 0.315 e. The molecule has 6 heteroatoms. The monoisotopic (exact) mass is 320 g/mol. The van der Waals surface area contributed by atoms with E-state index in [0.717, 1.165) is 16.9 Å². The minimum Gasteiger partial charge on any atom is -0.497 e. The van der Waals surface area contributed by atoms with Gasteiger partial charge in [0.15, 0.2) is 0 Å². The molecule has 1 atom stereocenters. The van der Waals surface area contributed by atoms with Crippen molar-refractivity contribution in [1.82, 2.24) is 10.6 Å². The second-order valence-electron chi connectivity index (χ2n) is 4.82. The number of rotatable bonds is 7. The largest absolute Gasteiger partial charge is 0.497 e. The van der Waals surface area contributed by atoms with Crippen LogP contribution in [0.3, 0.4) is 0 Å². The Kier molecular flexibility index (Phi) is 6.24. The van der Waals surface area contributed by atoms with E-state index < -0.39 is 6.10 Å². The van der Waals surface area contributed by atoms with Crippen LogP contribution in [-0.2, 0) is 6.54 Å². The van der Waals surface area contributed by atoms with Crippen LogP contribution in [0.1, 0.15) is 23.7 Å². The number of urea groups is 1. The summed E-state index contributed by atoms with van der Waals surface area (Å²) in [5.41, 5.74) is 1.89. The quantitative estimate of drug-likeness (QED) is 0.734. The van der Waals surface area contributed by atoms with E-state index in [4.69, 9.17) is 4.74 Å². The van der Waals surface area contributed by atoms with Crippen molar-refractivity contribution in [2.75, 3.05) is 13.7 Å². The van der Waals surface area contributed by atoms with Crippen LogP contribution in [0.2, 0.25) is 0 Å². The molecule has 2 rings (SSSR count). The third-order valence-corrected chi connectivity index (χ3v) is 3.94. The highest BCUT2D eigenvalue weighted by molar-refractivity contribution is 7.07. The fraction of sp³-hybridized carbons (Fsp3) is 0.312. The second kappa shape index (κ2) is 8.41. The van der Waals surface area contributed by atoms with Gasteiger partial charge in [-0.2, -0.15) is 11.3 Å². The maximum absolute atomic E-state index is 11.7. The van der Waals surface area contributed by atoms with Gasteiger partial charge in [0.25, 0.3) is 0 Å². The molecule has 118 valence electrons. The molecule has 0 radical (unpaired) electrons. The zero-order valence-electron chi connectivity index (χ0n) is 12.4. The summed E-state index contributed by atoms with van der Waals surface area (Å²) in [6, 6.07) is 9.16. The molecule has 2 amide bonds. The number of ether oxygens (including phenoxy) is 1. The fourth-order valence-corrected chi connectivity index (χ4v) is 2.65. The van der Waals surface area contributed by atoms with Gasteiger partial charge in [-0.25, -0.2) is 4.79 Å². The maximum atomic E-state index is 11.7. The molecular formula is C16H20N2O3S. The van der Waals surface area contributed by atoms with Crippen LogP contribution in [0.4, 0.5) is 4.79 Å². The first-order valence-electron chi connectivity index (χ1n) is 7.04. The molecule has 0 saturated heterocycles. The second-order valence-corrected chi connectivity index (χ2v) is 5.60. The molecule has 1 aromatic carbocycles. The molecule has 0 bridgehead atoms.